The quantitative estimate of drug-likeness (QED) is 0.794. The lowest BCUT2D eigenvalue weighted by Gasteiger charge is -2.12. The molecule has 21 heavy (non-hydrogen) atoms. The zero-order valence-corrected chi connectivity index (χ0v) is 11.9. The number of aliphatic hydroxyl groups excluding tert-OH is 1. The second-order valence-electron chi connectivity index (χ2n) is 5.05. The van der Waals surface area contributed by atoms with Crippen LogP contribution in [0, 0.1) is 0 Å². The summed E-state index contributed by atoms with van der Waals surface area (Å²) in [5, 5.41) is 12.6. The van der Waals surface area contributed by atoms with E-state index in [1.54, 1.807) is 19.5 Å². The number of aliphatic hydroxyl groups is 1. The molecular formula is C18H17NO2. The van der Waals surface area contributed by atoms with Crippen LogP contribution in [0.15, 0.2) is 60.9 Å². The Balaban J connectivity index is 1.86. The summed E-state index contributed by atoms with van der Waals surface area (Å²) < 4.78 is 5.22. The van der Waals surface area contributed by atoms with Gasteiger partial charge in [0.15, 0.2) is 0 Å². The molecule has 0 radical (unpaired) electrons. The molecule has 2 aromatic carbocycles. The van der Waals surface area contributed by atoms with Crippen LogP contribution < -0.4 is 4.74 Å². The third-order valence-electron chi connectivity index (χ3n) is 3.63. The molecule has 0 fully saturated rings. The zero-order valence-electron chi connectivity index (χ0n) is 11.9. The largest absolute Gasteiger partial charge is 0.497 e. The summed E-state index contributed by atoms with van der Waals surface area (Å²) in [4.78, 5) is 3.99. The summed E-state index contributed by atoms with van der Waals surface area (Å²) in [6.07, 6.45) is 3.56. The highest BCUT2D eigenvalue weighted by molar-refractivity contribution is 5.84. The van der Waals surface area contributed by atoms with E-state index >= 15 is 0 Å². The van der Waals surface area contributed by atoms with Crippen molar-refractivity contribution < 1.29 is 9.84 Å². The SMILES string of the molecule is COc1ccc2cc(C(O)Cc3ccncc3)ccc2c1. The third kappa shape index (κ3) is 3.03. The first-order chi connectivity index (χ1) is 10.3. The summed E-state index contributed by atoms with van der Waals surface area (Å²) in [7, 11) is 1.66. The number of nitrogens with zero attached hydrogens (tertiary/aromatic N) is 1. The Labute approximate surface area is 123 Å². The molecule has 1 atom stereocenters. The molecule has 0 bridgehead atoms. The fourth-order valence-electron chi connectivity index (χ4n) is 2.44. The van der Waals surface area contributed by atoms with Crippen LogP contribution in [0.2, 0.25) is 0 Å². The van der Waals surface area contributed by atoms with Crippen LogP contribution in [0.5, 0.6) is 5.75 Å². The summed E-state index contributed by atoms with van der Waals surface area (Å²) in [5.41, 5.74) is 2.00. The number of benzene rings is 2. The highest BCUT2D eigenvalue weighted by Gasteiger charge is 2.09. The third-order valence-corrected chi connectivity index (χ3v) is 3.63. The van der Waals surface area contributed by atoms with Crippen molar-refractivity contribution in [1.29, 1.82) is 0 Å². The number of hydrogen-bond donors (Lipinski definition) is 1. The lowest BCUT2D eigenvalue weighted by Crippen LogP contribution is -2.01. The minimum Gasteiger partial charge on any atom is -0.497 e. The van der Waals surface area contributed by atoms with E-state index in [1.165, 1.54) is 0 Å². The van der Waals surface area contributed by atoms with Crippen LogP contribution in [0.3, 0.4) is 0 Å². The van der Waals surface area contributed by atoms with Crippen molar-refractivity contribution >= 4 is 10.8 Å². The number of hydrogen-bond acceptors (Lipinski definition) is 3. The lowest BCUT2D eigenvalue weighted by molar-refractivity contribution is 0.178. The standard InChI is InChI=1S/C18H17NO2/c1-21-17-5-4-14-11-16(3-2-15(14)12-17)18(20)10-13-6-8-19-9-7-13/h2-9,11-12,18,20H,10H2,1H3. The first kappa shape index (κ1) is 13.6. The van der Waals surface area contributed by atoms with E-state index in [2.05, 4.69) is 4.98 Å². The van der Waals surface area contributed by atoms with Crippen LogP contribution in [-0.2, 0) is 6.42 Å². The lowest BCUT2D eigenvalue weighted by atomic mass is 9.99. The van der Waals surface area contributed by atoms with Crippen LogP contribution in [0.4, 0.5) is 0 Å². The number of fused-ring (bicyclic) bond motifs is 1. The Morgan fingerprint density at radius 1 is 1.00 bits per heavy atom. The molecule has 3 aromatic rings. The fraction of sp³-hybridized carbons (Fsp3) is 0.167. The van der Waals surface area contributed by atoms with Gasteiger partial charge in [0.25, 0.3) is 0 Å². The van der Waals surface area contributed by atoms with Gasteiger partial charge in [0, 0.05) is 18.8 Å². The van der Waals surface area contributed by atoms with Gasteiger partial charge in [-0.1, -0.05) is 18.2 Å². The minimum absolute atomic E-state index is 0.515. The van der Waals surface area contributed by atoms with Crippen molar-refractivity contribution in [3.8, 4) is 5.75 Å². The van der Waals surface area contributed by atoms with Crippen LogP contribution >= 0.6 is 0 Å². The second kappa shape index (κ2) is 5.94. The maximum Gasteiger partial charge on any atom is 0.119 e. The first-order valence-electron chi connectivity index (χ1n) is 6.91. The van der Waals surface area contributed by atoms with Gasteiger partial charge in [-0.05, 0) is 52.2 Å². The van der Waals surface area contributed by atoms with Gasteiger partial charge in [-0.2, -0.15) is 0 Å². The molecule has 1 N–H and O–H groups in total. The normalized spacial score (nSPS) is 12.3. The zero-order chi connectivity index (χ0) is 14.7. The summed E-state index contributed by atoms with van der Waals surface area (Å²) in [5.74, 6) is 0.840. The van der Waals surface area contributed by atoms with Crippen molar-refractivity contribution in [2.24, 2.45) is 0 Å². The predicted octanol–water partition coefficient (Wildman–Crippen LogP) is 3.52. The molecule has 0 spiro atoms. The van der Waals surface area contributed by atoms with E-state index < -0.39 is 6.10 Å². The second-order valence-corrected chi connectivity index (χ2v) is 5.05. The van der Waals surface area contributed by atoms with Crippen molar-refractivity contribution in [3.05, 3.63) is 72.1 Å². The molecule has 1 heterocycles. The molecule has 3 rings (SSSR count). The smallest absolute Gasteiger partial charge is 0.119 e. The van der Waals surface area contributed by atoms with E-state index in [1.807, 2.05) is 48.5 Å². The molecular weight excluding hydrogens is 262 g/mol. The molecule has 0 aliphatic heterocycles. The average molecular weight is 279 g/mol. The van der Waals surface area contributed by atoms with Gasteiger partial charge in [0.05, 0.1) is 13.2 Å². The van der Waals surface area contributed by atoms with Crippen LogP contribution in [0.25, 0.3) is 10.8 Å². The number of methoxy groups -OCH3 is 1. The van der Waals surface area contributed by atoms with E-state index in [4.69, 9.17) is 4.74 Å². The highest BCUT2D eigenvalue weighted by atomic mass is 16.5. The van der Waals surface area contributed by atoms with Crippen LogP contribution in [-0.4, -0.2) is 17.2 Å². The molecule has 0 aliphatic carbocycles. The van der Waals surface area contributed by atoms with E-state index in [0.717, 1.165) is 27.6 Å². The van der Waals surface area contributed by atoms with E-state index in [0.29, 0.717) is 6.42 Å². The average Bonchev–Trinajstić information content (AvgIpc) is 2.54. The Morgan fingerprint density at radius 3 is 2.48 bits per heavy atom. The van der Waals surface area contributed by atoms with Crippen molar-refractivity contribution in [3.63, 3.8) is 0 Å². The van der Waals surface area contributed by atoms with E-state index in [9.17, 15) is 5.11 Å². The summed E-state index contributed by atoms with van der Waals surface area (Å²) in [6.45, 7) is 0. The number of aromatic nitrogens is 1. The molecule has 106 valence electrons. The van der Waals surface area contributed by atoms with Gasteiger partial charge in [-0.15, -0.1) is 0 Å². The Bertz CT molecular complexity index is 741. The van der Waals surface area contributed by atoms with Gasteiger partial charge in [-0.3, -0.25) is 4.98 Å². The molecule has 0 aliphatic rings. The molecule has 3 heteroatoms. The number of pyridine rings is 1. The summed E-state index contributed by atoms with van der Waals surface area (Å²) in [6, 6.07) is 15.8. The highest BCUT2D eigenvalue weighted by Crippen LogP contribution is 2.25. The predicted molar refractivity (Wildman–Crippen MR) is 83.4 cm³/mol. The maximum atomic E-state index is 10.4. The maximum absolute atomic E-state index is 10.4. The van der Waals surface area contributed by atoms with Gasteiger partial charge in [0.2, 0.25) is 0 Å². The molecule has 0 saturated carbocycles. The number of ether oxygens (including phenoxy) is 1. The molecule has 1 unspecified atom stereocenters. The van der Waals surface area contributed by atoms with Gasteiger partial charge in [0.1, 0.15) is 5.75 Å². The molecule has 0 amide bonds. The van der Waals surface area contributed by atoms with Gasteiger partial charge in [-0.25, -0.2) is 0 Å². The van der Waals surface area contributed by atoms with Crippen molar-refractivity contribution in [1.82, 2.24) is 4.98 Å². The first-order valence-corrected chi connectivity index (χ1v) is 6.91. The Morgan fingerprint density at radius 2 is 1.71 bits per heavy atom. The molecule has 1 aromatic heterocycles. The van der Waals surface area contributed by atoms with E-state index in [-0.39, 0.29) is 0 Å². The topological polar surface area (TPSA) is 42.4 Å². The number of rotatable bonds is 4. The van der Waals surface area contributed by atoms with Crippen LogP contribution in [0.1, 0.15) is 17.2 Å². The monoisotopic (exact) mass is 279 g/mol. The van der Waals surface area contributed by atoms with Gasteiger partial charge >= 0.3 is 0 Å². The molecule has 3 nitrogen and oxygen atoms in total. The van der Waals surface area contributed by atoms with Gasteiger partial charge < -0.3 is 9.84 Å². The Kier molecular flexibility index (Phi) is 3.84. The molecule has 0 saturated heterocycles. The Hall–Kier alpha value is -2.39. The minimum atomic E-state index is -0.515. The summed E-state index contributed by atoms with van der Waals surface area (Å²) >= 11 is 0. The van der Waals surface area contributed by atoms with Crippen molar-refractivity contribution in [2.75, 3.05) is 7.11 Å². The fourth-order valence-corrected chi connectivity index (χ4v) is 2.44. The van der Waals surface area contributed by atoms with Crippen molar-refractivity contribution in [2.45, 2.75) is 12.5 Å².